The lowest BCUT2D eigenvalue weighted by Crippen LogP contribution is -2.38. The molecule has 0 aromatic heterocycles. The van der Waals surface area contributed by atoms with Crippen LogP contribution in [0.15, 0.2) is 23.8 Å². The minimum atomic E-state index is 0.0383. The normalized spacial score (nSPS) is 19.7. The van der Waals surface area contributed by atoms with E-state index in [0.717, 1.165) is 5.57 Å². The van der Waals surface area contributed by atoms with Gasteiger partial charge in [-0.25, -0.2) is 0 Å². The zero-order valence-corrected chi connectivity index (χ0v) is 9.49. The Bertz CT molecular complexity index is 329. The second-order valence-corrected chi connectivity index (χ2v) is 3.71. The summed E-state index contributed by atoms with van der Waals surface area (Å²) in [5, 5.41) is 0. The van der Waals surface area contributed by atoms with Gasteiger partial charge in [-0.15, -0.1) is 0 Å². The molecule has 0 radical (unpaired) electrons. The third-order valence-corrected chi connectivity index (χ3v) is 2.66. The smallest absolute Gasteiger partial charge is 0.219 e. The van der Waals surface area contributed by atoms with E-state index in [2.05, 4.69) is 0 Å². The predicted octanol–water partition coefficient (Wildman–Crippen LogP) is 1.70. The van der Waals surface area contributed by atoms with Gasteiger partial charge < -0.3 is 4.90 Å². The number of carbonyl (C=O) groups excluding carboxylic acids is 2. The van der Waals surface area contributed by atoms with Gasteiger partial charge in [0.05, 0.1) is 6.04 Å². The number of Topliss-reactive ketones (excluding diaryl/α,β-unsaturated/α-hetero) is 1. The Hall–Kier alpha value is -1.38. The van der Waals surface area contributed by atoms with Crippen LogP contribution >= 0.6 is 0 Å². The maximum atomic E-state index is 11.3. The lowest BCUT2D eigenvalue weighted by atomic mass is 9.96. The largest absolute Gasteiger partial charge is 0.336 e. The molecule has 3 nitrogen and oxygen atoms in total. The van der Waals surface area contributed by atoms with Crippen LogP contribution in [0.2, 0.25) is 0 Å². The van der Waals surface area contributed by atoms with Gasteiger partial charge in [-0.1, -0.05) is 18.2 Å². The summed E-state index contributed by atoms with van der Waals surface area (Å²) in [6.07, 6.45) is 6.29. The Morgan fingerprint density at radius 3 is 2.60 bits per heavy atom. The number of allylic oxidation sites excluding steroid dienone is 2. The van der Waals surface area contributed by atoms with E-state index in [4.69, 9.17) is 0 Å². The SMILES string of the molecule is CCN(C(C)=O)C1C=CC=C(C(C)=O)C1. The van der Waals surface area contributed by atoms with E-state index in [1.165, 1.54) is 0 Å². The number of ketones is 1. The van der Waals surface area contributed by atoms with Crippen molar-refractivity contribution in [1.82, 2.24) is 4.90 Å². The van der Waals surface area contributed by atoms with E-state index < -0.39 is 0 Å². The number of likely N-dealkylation sites (N-methyl/N-ethyl adjacent to an activating group) is 1. The summed E-state index contributed by atoms with van der Waals surface area (Å²) in [7, 11) is 0. The number of carbonyl (C=O) groups is 2. The second-order valence-electron chi connectivity index (χ2n) is 3.71. The Morgan fingerprint density at radius 2 is 2.13 bits per heavy atom. The molecule has 15 heavy (non-hydrogen) atoms. The number of nitrogens with zero attached hydrogens (tertiary/aromatic N) is 1. The number of amides is 1. The molecule has 1 rings (SSSR count). The average Bonchev–Trinajstić information content (AvgIpc) is 2.18. The van der Waals surface area contributed by atoms with Gasteiger partial charge >= 0.3 is 0 Å². The molecule has 0 saturated carbocycles. The van der Waals surface area contributed by atoms with E-state index in [-0.39, 0.29) is 17.7 Å². The van der Waals surface area contributed by atoms with Crippen molar-refractivity contribution in [3.05, 3.63) is 23.8 Å². The topological polar surface area (TPSA) is 37.4 Å². The molecule has 0 aromatic carbocycles. The summed E-state index contributed by atoms with van der Waals surface area (Å²) in [4.78, 5) is 24.3. The number of hydrogen-bond acceptors (Lipinski definition) is 2. The molecule has 0 aromatic rings. The van der Waals surface area contributed by atoms with Gasteiger partial charge in [0.1, 0.15) is 0 Å². The van der Waals surface area contributed by atoms with E-state index >= 15 is 0 Å². The summed E-state index contributed by atoms with van der Waals surface area (Å²) in [5.74, 6) is 0.140. The highest BCUT2D eigenvalue weighted by atomic mass is 16.2. The van der Waals surface area contributed by atoms with Gasteiger partial charge in [0.25, 0.3) is 0 Å². The van der Waals surface area contributed by atoms with Gasteiger partial charge in [-0.3, -0.25) is 9.59 Å². The highest BCUT2D eigenvalue weighted by Crippen LogP contribution is 2.18. The van der Waals surface area contributed by atoms with Crippen molar-refractivity contribution in [1.29, 1.82) is 0 Å². The summed E-state index contributed by atoms with van der Waals surface area (Å²) < 4.78 is 0. The molecule has 1 aliphatic rings. The molecule has 1 amide bonds. The third-order valence-electron chi connectivity index (χ3n) is 2.66. The van der Waals surface area contributed by atoms with Crippen LogP contribution in [-0.4, -0.2) is 29.2 Å². The van der Waals surface area contributed by atoms with E-state index in [0.29, 0.717) is 13.0 Å². The fraction of sp³-hybridized carbons (Fsp3) is 0.500. The molecule has 1 aliphatic carbocycles. The van der Waals surface area contributed by atoms with Gasteiger partial charge in [0.15, 0.2) is 5.78 Å². The first kappa shape index (κ1) is 11.7. The van der Waals surface area contributed by atoms with Crippen molar-refractivity contribution >= 4 is 11.7 Å². The zero-order valence-electron chi connectivity index (χ0n) is 9.49. The summed E-state index contributed by atoms with van der Waals surface area (Å²) in [6, 6.07) is 0.0383. The molecule has 3 heteroatoms. The molecular formula is C12H17NO2. The third kappa shape index (κ3) is 2.78. The Morgan fingerprint density at radius 1 is 1.47 bits per heavy atom. The minimum absolute atomic E-state index is 0.0383. The van der Waals surface area contributed by atoms with Crippen LogP contribution in [0.5, 0.6) is 0 Å². The molecule has 0 bridgehead atoms. The van der Waals surface area contributed by atoms with Crippen molar-refractivity contribution in [2.24, 2.45) is 0 Å². The lowest BCUT2D eigenvalue weighted by Gasteiger charge is -2.29. The van der Waals surface area contributed by atoms with Crippen molar-refractivity contribution in [2.45, 2.75) is 33.2 Å². The lowest BCUT2D eigenvalue weighted by molar-refractivity contribution is -0.130. The summed E-state index contributed by atoms with van der Waals surface area (Å²) >= 11 is 0. The summed E-state index contributed by atoms with van der Waals surface area (Å²) in [5.41, 5.74) is 0.794. The average molecular weight is 207 g/mol. The first-order chi connectivity index (χ1) is 7.06. The Labute approximate surface area is 90.5 Å². The molecule has 1 unspecified atom stereocenters. The molecule has 0 spiro atoms. The quantitative estimate of drug-likeness (QED) is 0.706. The number of hydrogen-bond donors (Lipinski definition) is 0. The first-order valence-electron chi connectivity index (χ1n) is 5.21. The zero-order chi connectivity index (χ0) is 11.4. The molecule has 0 fully saturated rings. The van der Waals surface area contributed by atoms with Crippen molar-refractivity contribution in [3.8, 4) is 0 Å². The maximum Gasteiger partial charge on any atom is 0.219 e. The van der Waals surface area contributed by atoms with Crippen LogP contribution in [0, 0.1) is 0 Å². The van der Waals surface area contributed by atoms with Crippen LogP contribution in [0.1, 0.15) is 27.2 Å². The maximum absolute atomic E-state index is 11.3. The van der Waals surface area contributed by atoms with Crippen LogP contribution in [0.25, 0.3) is 0 Å². The van der Waals surface area contributed by atoms with E-state index in [1.54, 1.807) is 18.7 Å². The van der Waals surface area contributed by atoms with E-state index in [9.17, 15) is 9.59 Å². The Kier molecular flexibility index (Phi) is 3.83. The van der Waals surface area contributed by atoms with Crippen LogP contribution in [0.4, 0.5) is 0 Å². The molecule has 0 saturated heterocycles. The molecule has 0 N–H and O–H groups in total. The van der Waals surface area contributed by atoms with E-state index in [1.807, 2.05) is 25.2 Å². The van der Waals surface area contributed by atoms with Gasteiger partial charge in [-0.2, -0.15) is 0 Å². The monoisotopic (exact) mass is 207 g/mol. The van der Waals surface area contributed by atoms with Crippen molar-refractivity contribution < 1.29 is 9.59 Å². The van der Waals surface area contributed by atoms with Crippen LogP contribution < -0.4 is 0 Å². The predicted molar refractivity (Wildman–Crippen MR) is 59.4 cm³/mol. The molecule has 0 aliphatic heterocycles. The summed E-state index contributed by atoms with van der Waals surface area (Å²) in [6.45, 7) is 5.74. The molecule has 1 atom stereocenters. The Balaban J connectivity index is 2.76. The number of rotatable bonds is 3. The standard InChI is InChI=1S/C12H17NO2/c1-4-13(10(3)15)12-7-5-6-11(8-12)9(2)14/h5-7,12H,4,8H2,1-3H3. The minimum Gasteiger partial charge on any atom is -0.336 e. The van der Waals surface area contributed by atoms with Crippen molar-refractivity contribution in [2.75, 3.05) is 6.54 Å². The highest BCUT2D eigenvalue weighted by Gasteiger charge is 2.21. The van der Waals surface area contributed by atoms with Gasteiger partial charge in [0, 0.05) is 13.5 Å². The van der Waals surface area contributed by atoms with Gasteiger partial charge in [0.2, 0.25) is 5.91 Å². The van der Waals surface area contributed by atoms with Crippen LogP contribution in [-0.2, 0) is 9.59 Å². The van der Waals surface area contributed by atoms with Gasteiger partial charge in [-0.05, 0) is 25.8 Å². The fourth-order valence-corrected chi connectivity index (χ4v) is 1.83. The first-order valence-corrected chi connectivity index (χ1v) is 5.21. The van der Waals surface area contributed by atoms with Crippen LogP contribution in [0.3, 0.4) is 0 Å². The molecule has 0 heterocycles. The highest BCUT2D eigenvalue weighted by molar-refractivity contribution is 5.94. The second kappa shape index (κ2) is 4.91. The molecular weight excluding hydrogens is 190 g/mol. The fourth-order valence-electron chi connectivity index (χ4n) is 1.83. The van der Waals surface area contributed by atoms with Crippen molar-refractivity contribution in [3.63, 3.8) is 0 Å². The molecule has 82 valence electrons.